The molecule has 148 valence electrons. The molecular formula is C20H16ClFN4O3. The van der Waals surface area contributed by atoms with Crippen LogP contribution in [0.15, 0.2) is 59.4 Å². The summed E-state index contributed by atoms with van der Waals surface area (Å²) in [5, 5.41) is 9.53. The minimum Gasteiger partial charge on any atom is -0.358 e. The second kappa shape index (κ2) is 8.66. The minimum absolute atomic E-state index is 0.158. The maximum absolute atomic E-state index is 13.7. The zero-order valence-electron chi connectivity index (χ0n) is 15.3. The Labute approximate surface area is 170 Å². The first-order valence-corrected chi connectivity index (χ1v) is 8.92. The lowest BCUT2D eigenvalue weighted by Crippen LogP contribution is -2.39. The first kappa shape index (κ1) is 20.2. The Balaban J connectivity index is 2.13. The normalized spacial score (nSPS) is 10.4. The van der Waals surface area contributed by atoms with Crippen LogP contribution in [-0.4, -0.2) is 35.2 Å². The molecule has 7 nitrogen and oxygen atoms in total. The number of carbonyl (C=O) groups is 2. The summed E-state index contributed by atoms with van der Waals surface area (Å²) in [6.45, 7) is -0.298. The number of likely N-dealkylation sites (N-methyl/N-ethyl adjacent to an activating group) is 1. The molecule has 0 spiro atoms. The average molecular weight is 415 g/mol. The predicted octanol–water partition coefficient (Wildman–Crippen LogP) is 2.17. The zero-order valence-corrected chi connectivity index (χ0v) is 16.0. The molecule has 29 heavy (non-hydrogen) atoms. The molecule has 0 atom stereocenters. The molecule has 9 heteroatoms. The van der Waals surface area contributed by atoms with Crippen LogP contribution in [-0.2, 0) is 4.79 Å². The third-order valence-electron chi connectivity index (χ3n) is 4.04. The van der Waals surface area contributed by atoms with E-state index in [2.05, 4.69) is 15.7 Å². The number of nitrogens with zero attached hydrogens (tertiary/aromatic N) is 2. The maximum Gasteiger partial charge on any atom is 0.284 e. The fourth-order valence-corrected chi connectivity index (χ4v) is 2.67. The largest absolute Gasteiger partial charge is 0.358 e. The summed E-state index contributed by atoms with van der Waals surface area (Å²) in [7, 11) is 1.43. The molecule has 0 saturated carbocycles. The van der Waals surface area contributed by atoms with Gasteiger partial charge in [-0.2, -0.15) is 9.78 Å². The van der Waals surface area contributed by atoms with Crippen molar-refractivity contribution in [2.45, 2.75) is 0 Å². The highest BCUT2D eigenvalue weighted by Gasteiger charge is 2.18. The molecule has 1 heterocycles. The van der Waals surface area contributed by atoms with Crippen LogP contribution in [0.1, 0.15) is 10.4 Å². The number of nitrogens with one attached hydrogen (secondary N) is 2. The van der Waals surface area contributed by atoms with Gasteiger partial charge in [-0.1, -0.05) is 29.8 Å². The van der Waals surface area contributed by atoms with Crippen molar-refractivity contribution in [3.8, 4) is 16.9 Å². The van der Waals surface area contributed by atoms with Gasteiger partial charge in [0, 0.05) is 17.6 Å². The van der Waals surface area contributed by atoms with Gasteiger partial charge in [0.25, 0.3) is 11.5 Å². The van der Waals surface area contributed by atoms with E-state index in [-0.39, 0.29) is 17.8 Å². The Morgan fingerprint density at radius 2 is 1.86 bits per heavy atom. The lowest BCUT2D eigenvalue weighted by Gasteiger charge is -2.11. The molecule has 3 aromatic rings. The summed E-state index contributed by atoms with van der Waals surface area (Å²) in [6, 6.07) is 13.2. The number of aromatic nitrogens is 2. The van der Waals surface area contributed by atoms with E-state index in [4.69, 9.17) is 11.6 Å². The lowest BCUT2D eigenvalue weighted by atomic mass is 10.1. The van der Waals surface area contributed by atoms with Gasteiger partial charge in [0.2, 0.25) is 5.91 Å². The van der Waals surface area contributed by atoms with Crippen molar-refractivity contribution in [3.63, 3.8) is 0 Å². The van der Waals surface area contributed by atoms with E-state index in [1.165, 1.54) is 31.3 Å². The number of hydrogen-bond donors (Lipinski definition) is 2. The van der Waals surface area contributed by atoms with E-state index in [9.17, 15) is 18.8 Å². The van der Waals surface area contributed by atoms with Gasteiger partial charge < -0.3 is 10.6 Å². The number of benzene rings is 2. The lowest BCUT2D eigenvalue weighted by molar-refractivity contribution is -0.119. The second-order valence-electron chi connectivity index (χ2n) is 6.00. The van der Waals surface area contributed by atoms with Crippen molar-refractivity contribution in [2.24, 2.45) is 0 Å². The van der Waals surface area contributed by atoms with Gasteiger partial charge in [0.1, 0.15) is 11.4 Å². The Bertz CT molecular complexity index is 1130. The number of hydrogen-bond acceptors (Lipinski definition) is 4. The highest BCUT2D eigenvalue weighted by Crippen LogP contribution is 2.20. The van der Waals surface area contributed by atoms with Crippen LogP contribution < -0.4 is 16.2 Å². The van der Waals surface area contributed by atoms with Crippen molar-refractivity contribution in [3.05, 3.63) is 81.4 Å². The third-order valence-corrected chi connectivity index (χ3v) is 4.29. The molecule has 0 aliphatic carbocycles. The number of rotatable bonds is 5. The molecule has 2 N–H and O–H groups in total. The van der Waals surface area contributed by atoms with Gasteiger partial charge in [-0.05, 0) is 36.4 Å². The molecule has 2 aromatic carbocycles. The number of carbonyl (C=O) groups excluding carboxylic acids is 2. The summed E-state index contributed by atoms with van der Waals surface area (Å²) in [5.41, 5.74) is 0.0718. The van der Waals surface area contributed by atoms with Crippen LogP contribution >= 0.6 is 11.6 Å². The smallest absolute Gasteiger partial charge is 0.284 e. The first-order chi connectivity index (χ1) is 13.9. The number of halogens is 2. The van der Waals surface area contributed by atoms with Crippen LogP contribution in [0.25, 0.3) is 16.9 Å². The van der Waals surface area contributed by atoms with E-state index < -0.39 is 23.2 Å². The topological polar surface area (TPSA) is 93.1 Å². The van der Waals surface area contributed by atoms with E-state index in [0.717, 1.165) is 10.7 Å². The Morgan fingerprint density at radius 3 is 2.52 bits per heavy atom. The Hall–Kier alpha value is -3.52. The fraction of sp³-hybridized carbons (Fsp3) is 0.100. The van der Waals surface area contributed by atoms with Crippen molar-refractivity contribution < 1.29 is 14.0 Å². The van der Waals surface area contributed by atoms with Crippen LogP contribution in [0.3, 0.4) is 0 Å². The number of amides is 2. The van der Waals surface area contributed by atoms with E-state index in [0.29, 0.717) is 16.3 Å². The Morgan fingerprint density at radius 1 is 1.14 bits per heavy atom. The van der Waals surface area contributed by atoms with Gasteiger partial charge >= 0.3 is 0 Å². The fourth-order valence-electron chi connectivity index (χ4n) is 2.55. The minimum atomic E-state index is -0.749. The highest BCUT2D eigenvalue weighted by atomic mass is 35.5. The standard InChI is InChI=1S/C20H16ClFN4O3/c1-23-18(27)11-24-19(28)16-10-17(12-5-7-13(21)8-6-12)25-26(20(16)29)15-4-2-3-14(22)9-15/h2-10H,11H2,1H3,(H,23,27)(H,24,28). The monoisotopic (exact) mass is 414 g/mol. The maximum atomic E-state index is 13.7. The van der Waals surface area contributed by atoms with Gasteiger partial charge in [-0.3, -0.25) is 14.4 Å². The molecule has 0 radical (unpaired) electrons. The third kappa shape index (κ3) is 4.67. The van der Waals surface area contributed by atoms with Crippen molar-refractivity contribution in [2.75, 3.05) is 13.6 Å². The molecule has 0 aliphatic rings. The summed E-state index contributed by atoms with van der Waals surface area (Å²) in [5.74, 6) is -1.73. The predicted molar refractivity (Wildman–Crippen MR) is 107 cm³/mol. The van der Waals surface area contributed by atoms with Crippen LogP contribution in [0.2, 0.25) is 5.02 Å². The second-order valence-corrected chi connectivity index (χ2v) is 6.44. The summed E-state index contributed by atoms with van der Waals surface area (Å²) in [4.78, 5) is 36.8. The Kier molecular flexibility index (Phi) is 6.04. The summed E-state index contributed by atoms with van der Waals surface area (Å²) < 4.78 is 14.6. The zero-order chi connectivity index (χ0) is 21.0. The van der Waals surface area contributed by atoms with E-state index in [1.807, 2.05) is 0 Å². The molecule has 2 amide bonds. The average Bonchev–Trinajstić information content (AvgIpc) is 2.72. The van der Waals surface area contributed by atoms with Gasteiger partial charge in [-0.25, -0.2) is 4.39 Å². The quantitative estimate of drug-likeness (QED) is 0.669. The molecule has 0 bridgehead atoms. The molecule has 3 rings (SSSR count). The van der Waals surface area contributed by atoms with Crippen molar-refractivity contribution in [1.29, 1.82) is 0 Å². The van der Waals surface area contributed by atoms with Gasteiger partial charge in [-0.15, -0.1) is 0 Å². The van der Waals surface area contributed by atoms with Gasteiger partial charge in [0.15, 0.2) is 0 Å². The highest BCUT2D eigenvalue weighted by molar-refractivity contribution is 6.30. The molecule has 0 saturated heterocycles. The first-order valence-electron chi connectivity index (χ1n) is 8.54. The van der Waals surface area contributed by atoms with Gasteiger partial charge in [0.05, 0.1) is 17.9 Å². The van der Waals surface area contributed by atoms with Crippen molar-refractivity contribution >= 4 is 23.4 Å². The molecule has 0 aliphatic heterocycles. The molecule has 0 unspecified atom stereocenters. The van der Waals surface area contributed by atoms with E-state index in [1.54, 1.807) is 24.3 Å². The van der Waals surface area contributed by atoms with Crippen LogP contribution in [0, 0.1) is 5.82 Å². The summed E-state index contributed by atoms with van der Waals surface area (Å²) in [6.07, 6.45) is 0. The van der Waals surface area contributed by atoms with Crippen LogP contribution in [0.4, 0.5) is 4.39 Å². The molecule has 1 aromatic heterocycles. The summed E-state index contributed by atoms with van der Waals surface area (Å²) >= 11 is 5.92. The molecule has 0 fully saturated rings. The SMILES string of the molecule is CNC(=O)CNC(=O)c1cc(-c2ccc(Cl)cc2)nn(-c2cccc(F)c2)c1=O. The van der Waals surface area contributed by atoms with Crippen LogP contribution in [0.5, 0.6) is 0 Å². The van der Waals surface area contributed by atoms with E-state index >= 15 is 0 Å². The molecular weight excluding hydrogens is 399 g/mol. The van der Waals surface area contributed by atoms with Crippen molar-refractivity contribution in [1.82, 2.24) is 20.4 Å².